The fraction of sp³-hybridized carbons (Fsp3) is 0.458. The molecule has 1 aliphatic heterocycles. The maximum absolute atomic E-state index is 14.8. The lowest BCUT2D eigenvalue weighted by Gasteiger charge is -2.34. The predicted octanol–water partition coefficient (Wildman–Crippen LogP) is 4.57. The van der Waals surface area contributed by atoms with E-state index < -0.39 is 0 Å². The van der Waals surface area contributed by atoms with E-state index in [0.717, 1.165) is 31.7 Å². The highest BCUT2D eigenvalue weighted by atomic mass is 19.1. The quantitative estimate of drug-likeness (QED) is 0.730. The molecule has 3 rings (SSSR count). The number of urea groups is 1. The monoisotopic (exact) mass is 430 g/mol. The number of amides is 2. The molecule has 0 unspecified atom stereocenters. The molecule has 2 aromatic rings. The highest BCUT2D eigenvalue weighted by Gasteiger charge is 2.23. The summed E-state index contributed by atoms with van der Waals surface area (Å²) in [5, 5.41) is 2.97. The Morgan fingerprint density at radius 1 is 1.03 bits per heavy atom. The predicted molar refractivity (Wildman–Crippen MR) is 120 cm³/mol. The van der Waals surface area contributed by atoms with E-state index in [-0.39, 0.29) is 29.7 Å². The van der Waals surface area contributed by atoms with Crippen molar-refractivity contribution in [3.05, 3.63) is 65.2 Å². The van der Waals surface area contributed by atoms with Crippen LogP contribution in [0.5, 0.6) is 0 Å². The summed E-state index contributed by atoms with van der Waals surface area (Å²) in [7, 11) is 2.07. The van der Waals surface area contributed by atoms with E-state index in [1.165, 1.54) is 18.2 Å². The fourth-order valence-electron chi connectivity index (χ4n) is 3.96. The first kappa shape index (κ1) is 23.0. The largest absolute Gasteiger partial charge is 0.367 e. The summed E-state index contributed by atoms with van der Waals surface area (Å²) in [6.07, 6.45) is 0. The molecule has 0 radical (unpaired) electrons. The van der Waals surface area contributed by atoms with E-state index in [9.17, 15) is 13.6 Å². The van der Waals surface area contributed by atoms with Gasteiger partial charge < -0.3 is 20.0 Å². The molecule has 1 fully saturated rings. The standard InChI is InChI=1S/C24H32F2N4O/c1-5-30(18(3)19-6-9-21(25)10-7-19)24(31)27-17(2)20-8-11-23(22(26)16-20)29-14-12-28(4)13-15-29/h6-11,16-18H,5,12-15H2,1-4H3,(H,27,31)/t17-,18-/m0/s1. The molecule has 0 aromatic heterocycles. The van der Waals surface area contributed by atoms with Crippen molar-refractivity contribution in [3.8, 4) is 0 Å². The summed E-state index contributed by atoms with van der Waals surface area (Å²) < 4.78 is 28.0. The minimum atomic E-state index is -0.349. The van der Waals surface area contributed by atoms with Gasteiger partial charge in [0.25, 0.3) is 0 Å². The third-order valence-electron chi connectivity index (χ3n) is 6.08. The van der Waals surface area contributed by atoms with Crippen molar-refractivity contribution in [3.63, 3.8) is 0 Å². The normalized spacial score (nSPS) is 16.6. The Balaban J connectivity index is 1.66. The van der Waals surface area contributed by atoms with Gasteiger partial charge in [0.2, 0.25) is 0 Å². The summed E-state index contributed by atoms with van der Waals surface area (Å²) in [6.45, 7) is 9.56. The van der Waals surface area contributed by atoms with Crippen LogP contribution in [-0.4, -0.2) is 55.6 Å². The number of carbonyl (C=O) groups is 1. The summed E-state index contributed by atoms with van der Waals surface area (Å²) in [5.74, 6) is -0.575. The zero-order valence-corrected chi connectivity index (χ0v) is 18.7. The smallest absolute Gasteiger partial charge is 0.318 e. The van der Waals surface area contributed by atoms with Crippen LogP contribution in [0.25, 0.3) is 0 Å². The number of rotatable bonds is 6. The van der Waals surface area contributed by atoms with Crippen LogP contribution in [0.4, 0.5) is 19.3 Å². The number of nitrogens with zero attached hydrogens (tertiary/aromatic N) is 3. The van der Waals surface area contributed by atoms with Crippen molar-refractivity contribution < 1.29 is 13.6 Å². The number of carbonyl (C=O) groups excluding carboxylic acids is 1. The van der Waals surface area contributed by atoms with Gasteiger partial charge in [-0.2, -0.15) is 0 Å². The first-order valence-corrected chi connectivity index (χ1v) is 10.9. The molecule has 1 saturated heterocycles. The second-order valence-electron chi connectivity index (χ2n) is 8.19. The summed E-state index contributed by atoms with van der Waals surface area (Å²) in [5.41, 5.74) is 2.18. The Bertz CT molecular complexity index is 882. The molecule has 2 atom stereocenters. The zero-order chi connectivity index (χ0) is 22.5. The second kappa shape index (κ2) is 10.1. The third-order valence-corrected chi connectivity index (χ3v) is 6.08. The maximum atomic E-state index is 14.8. The number of benzene rings is 2. The van der Waals surface area contributed by atoms with E-state index in [0.29, 0.717) is 17.8 Å². The third kappa shape index (κ3) is 5.53. The lowest BCUT2D eigenvalue weighted by molar-refractivity contribution is 0.179. The minimum Gasteiger partial charge on any atom is -0.367 e. The van der Waals surface area contributed by atoms with Gasteiger partial charge >= 0.3 is 6.03 Å². The van der Waals surface area contributed by atoms with Crippen LogP contribution < -0.4 is 10.2 Å². The van der Waals surface area contributed by atoms with Gasteiger partial charge in [-0.3, -0.25) is 0 Å². The lowest BCUT2D eigenvalue weighted by Crippen LogP contribution is -2.44. The van der Waals surface area contributed by atoms with Gasteiger partial charge in [0.05, 0.1) is 17.8 Å². The number of hydrogen-bond acceptors (Lipinski definition) is 3. The first-order chi connectivity index (χ1) is 14.8. The topological polar surface area (TPSA) is 38.8 Å². The molecule has 5 nitrogen and oxygen atoms in total. The highest BCUT2D eigenvalue weighted by Crippen LogP contribution is 2.26. The molecule has 0 bridgehead atoms. The molecule has 0 spiro atoms. The van der Waals surface area contributed by atoms with E-state index in [1.807, 2.05) is 26.8 Å². The molecule has 0 aliphatic carbocycles. The molecule has 1 aliphatic rings. The van der Waals surface area contributed by atoms with E-state index in [2.05, 4.69) is 22.2 Å². The van der Waals surface area contributed by atoms with Crippen LogP contribution in [0.2, 0.25) is 0 Å². The molecule has 0 saturated carbocycles. The van der Waals surface area contributed by atoms with E-state index >= 15 is 0 Å². The van der Waals surface area contributed by atoms with Gasteiger partial charge in [0.1, 0.15) is 11.6 Å². The van der Waals surface area contributed by atoms with Gasteiger partial charge in [-0.15, -0.1) is 0 Å². The molecule has 2 aromatic carbocycles. The van der Waals surface area contributed by atoms with Gasteiger partial charge in [0, 0.05) is 32.7 Å². The van der Waals surface area contributed by atoms with Gasteiger partial charge in [-0.1, -0.05) is 18.2 Å². The first-order valence-electron chi connectivity index (χ1n) is 10.9. The van der Waals surface area contributed by atoms with E-state index in [1.54, 1.807) is 23.1 Å². The molecule has 1 heterocycles. The summed E-state index contributed by atoms with van der Waals surface area (Å²) in [6, 6.07) is 10.5. The SMILES string of the molecule is CCN(C(=O)N[C@@H](C)c1ccc(N2CCN(C)CC2)c(F)c1)[C@@H](C)c1ccc(F)cc1. The fourth-order valence-corrected chi connectivity index (χ4v) is 3.96. The Kier molecular flexibility index (Phi) is 7.49. The Hall–Kier alpha value is -2.67. The Labute approximate surface area is 183 Å². The van der Waals surface area contributed by atoms with Crippen molar-refractivity contribution in [2.24, 2.45) is 0 Å². The lowest BCUT2D eigenvalue weighted by atomic mass is 10.1. The molecule has 2 amide bonds. The summed E-state index contributed by atoms with van der Waals surface area (Å²) in [4.78, 5) is 18.9. The van der Waals surface area contributed by atoms with Crippen LogP contribution in [0, 0.1) is 11.6 Å². The highest BCUT2D eigenvalue weighted by molar-refractivity contribution is 5.75. The number of anilines is 1. The van der Waals surface area contributed by atoms with Crippen LogP contribution in [-0.2, 0) is 0 Å². The zero-order valence-electron chi connectivity index (χ0n) is 18.7. The van der Waals surface area contributed by atoms with Crippen LogP contribution in [0.1, 0.15) is 44.0 Å². The molecule has 168 valence electrons. The van der Waals surface area contributed by atoms with Crippen molar-refractivity contribution in [2.45, 2.75) is 32.9 Å². The van der Waals surface area contributed by atoms with E-state index in [4.69, 9.17) is 0 Å². The number of hydrogen-bond donors (Lipinski definition) is 1. The van der Waals surface area contributed by atoms with Gasteiger partial charge in [-0.25, -0.2) is 13.6 Å². The molecular formula is C24H32F2N4O. The van der Waals surface area contributed by atoms with Crippen molar-refractivity contribution in [1.29, 1.82) is 0 Å². The molecule has 1 N–H and O–H groups in total. The average Bonchev–Trinajstić information content (AvgIpc) is 2.75. The molecule has 31 heavy (non-hydrogen) atoms. The minimum absolute atomic E-state index is 0.214. The maximum Gasteiger partial charge on any atom is 0.318 e. The number of halogens is 2. The molecular weight excluding hydrogens is 398 g/mol. The number of likely N-dealkylation sites (N-methyl/N-ethyl adjacent to an activating group) is 1. The van der Waals surface area contributed by atoms with Gasteiger partial charge in [0.15, 0.2) is 0 Å². The second-order valence-corrected chi connectivity index (χ2v) is 8.19. The van der Waals surface area contributed by atoms with Crippen LogP contribution in [0.15, 0.2) is 42.5 Å². The number of piperazine rings is 1. The number of nitrogens with one attached hydrogen (secondary N) is 1. The van der Waals surface area contributed by atoms with Gasteiger partial charge in [-0.05, 0) is 63.2 Å². The van der Waals surface area contributed by atoms with Crippen molar-refractivity contribution in [2.75, 3.05) is 44.7 Å². The van der Waals surface area contributed by atoms with Crippen molar-refractivity contribution in [1.82, 2.24) is 15.1 Å². The van der Waals surface area contributed by atoms with Crippen LogP contribution in [0.3, 0.4) is 0 Å². The molecule has 7 heteroatoms. The Morgan fingerprint density at radius 2 is 1.65 bits per heavy atom. The van der Waals surface area contributed by atoms with Crippen LogP contribution >= 0.6 is 0 Å². The Morgan fingerprint density at radius 3 is 2.23 bits per heavy atom. The van der Waals surface area contributed by atoms with Crippen molar-refractivity contribution >= 4 is 11.7 Å². The summed E-state index contributed by atoms with van der Waals surface area (Å²) >= 11 is 0. The average molecular weight is 431 g/mol.